The number of nitrogens with one attached hydrogen (secondary N) is 1. The molecule has 2 aromatic carbocycles. The van der Waals surface area contributed by atoms with Crippen molar-refractivity contribution >= 4 is 29.3 Å². The van der Waals surface area contributed by atoms with Crippen LogP contribution in [0.2, 0.25) is 0 Å². The second kappa shape index (κ2) is 10.0. The van der Waals surface area contributed by atoms with E-state index < -0.39 is 12.1 Å². The lowest BCUT2D eigenvalue weighted by Gasteiger charge is -2.15. The van der Waals surface area contributed by atoms with E-state index in [-0.39, 0.29) is 5.91 Å². The molecule has 154 valence electrons. The highest BCUT2D eigenvalue weighted by Crippen LogP contribution is 2.23. The topological polar surface area (TPSA) is 81.2 Å². The number of rotatable bonds is 7. The highest BCUT2D eigenvalue weighted by molar-refractivity contribution is 7.98. The van der Waals surface area contributed by atoms with Crippen LogP contribution < -0.4 is 5.32 Å². The molecule has 30 heavy (non-hydrogen) atoms. The molecule has 0 aliphatic carbocycles. The van der Waals surface area contributed by atoms with Crippen molar-refractivity contribution in [3.63, 3.8) is 0 Å². The van der Waals surface area contributed by atoms with E-state index in [0.717, 1.165) is 17.0 Å². The average Bonchev–Trinajstić information content (AvgIpc) is 2.72. The summed E-state index contributed by atoms with van der Waals surface area (Å²) >= 11 is 1.45. The van der Waals surface area contributed by atoms with Crippen LogP contribution in [-0.4, -0.2) is 27.9 Å². The number of aryl methyl sites for hydroxylation is 2. The maximum atomic E-state index is 12.7. The lowest BCUT2D eigenvalue weighted by Crippen LogP contribution is -2.30. The molecular weight excluding hydrogens is 398 g/mol. The van der Waals surface area contributed by atoms with Crippen LogP contribution in [-0.2, 0) is 15.3 Å². The first-order valence-corrected chi connectivity index (χ1v) is 10.5. The fourth-order valence-electron chi connectivity index (χ4n) is 2.79. The van der Waals surface area contributed by atoms with Crippen LogP contribution in [0.15, 0.2) is 65.8 Å². The fourth-order valence-corrected chi connectivity index (χ4v) is 3.74. The van der Waals surface area contributed by atoms with Gasteiger partial charge in [0.2, 0.25) is 0 Å². The molecule has 1 heterocycles. The summed E-state index contributed by atoms with van der Waals surface area (Å²) in [4.78, 5) is 33.9. The van der Waals surface area contributed by atoms with Crippen LogP contribution >= 0.6 is 11.8 Å². The number of ether oxygens (including phenoxy) is 1. The third-order valence-corrected chi connectivity index (χ3v) is 5.15. The monoisotopic (exact) mass is 421 g/mol. The summed E-state index contributed by atoms with van der Waals surface area (Å²) in [6.45, 7) is 5.40. The van der Waals surface area contributed by atoms with Crippen molar-refractivity contribution in [1.29, 1.82) is 0 Å². The van der Waals surface area contributed by atoms with Crippen molar-refractivity contribution in [3.8, 4) is 0 Å². The third-order valence-electron chi connectivity index (χ3n) is 4.25. The Morgan fingerprint density at radius 1 is 1.00 bits per heavy atom. The van der Waals surface area contributed by atoms with Crippen molar-refractivity contribution in [2.45, 2.75) is 37.8 Å². The lowest BCUT2D eigenvalue weighted by molar-refractivity contribution is -0.123. The van der Waals surface area contributed by atoms with Crippen LogP contribution in [0.4, 0.5) is 5.69 Å². The van der Waals surface area contributed by atoms with Crippen LogP contribution in [0.1, 0.15) is 34.2 Å². The molecule has 1 atom stereocenters. The molecule has 1 aromatic heterocycles. The van der Waals surface area contributed by atoms with Crippen LogP contribution in [0.25, 0.3) is 0 Å². The van der Waals surface area contributed by atoms with Crippen molar-refractivity contribution < 1.29 is 14.3 Å². The highest BCUT2D eigenvalue weighted by atomic mass is 32.2. The van der Waals surface area contributed by atoms with E-state index in [1.807, 2.05) is 50.2 Å². The van der Waals surface area contributed by atoms with E-state index in [9.17, 15) is 9.59 Å². The summed E-state index contributed by atoms with van der Waals surface area (Å²) in [6.07, 6.45) is -0.929. The smallest absolute Gasteiger partial charge is 0.339 e. The minimum Gasteiger partial charge on any atom is -0.449 e. The molecule has 7 heteroatoms. The van der Waals surface area contributed by atoms with E-state index in [4.69, 9.17) is 4.74 Å². The van der Waals surface area contributed by atoms with Crippen LogP contribution in [0, 0.1) is 13.8 Å². The zero-order chi connectivity index (χ0) is 21.5. The maximum Gasteiger partial charge on any atom is 0.339 e. The normalized spacial score (nSPS) is 11.6. The van der Waals surface area contributed by atoms with Gasteiger partial charge >= 0.3 is 5.97 Å². The molecule has 1 amide bonds. The molecule has 0 aliphatic heterocycles. The summed E-state index contributed by atoms with van der Waals surface area (Å²) in [5, 5.41) is 3.39. The number of carbonyl (C=O) groups is 2. The number of esters is 1. The summed E-state index contributed by atoms with van der Waals surface area (Å²) in [6, 6.07) is 18.1. The van der Waals surface area contributed by atoms with Crippen molar-refractivity contribution in [2.24, 2.45) is 0 Å². The second-order valence-electron chi connectivity index (χ2n) is 6.78. The number of benzene rings is 2. The van der Waals surface area contributed by atoms with Gasteiger partial charge in [0.15, 0.2) is 11.3 Å². The molecule has 3 aromatic rings. The Bertz CT molecular complexity index is 1020. The molecule has 6 nitrogen and oxygen atoms in total. The van der Waals surface area contributed by atoms with Gasteiger partial charge in [0.1, 0.15) is 0 Å². The molecule has 0 saturated carbocycles. The number of carbonyl (C=O) groups excluding carboxylic acids is 2. The largest absolute Gasteiger partial charge is 0.449 e. The Hall–Kier alpha value is -3.19. The summed E-state index contributed by atoms with van der Waals surface area (Å²) in [5.41, 5.74) is 3.67. The summed E-state index contributed by atoms with van der Waals surface area (Å²) in [5.74, 6) is -0.410. The van der Waals surface area contributed by atoms with Gasteiger partial charge in [-0.2, -0.15) is 0 Å². The zero-order valence-corrected chi connectivity index (χ0v) is 17.9. The van der Waals surface area contributed by atoms with Gasteiger partial charge in [0.05, 0.1) is 5.56 Å². The SMILES string of the molecule is Cc1cc(C)nc(SCc2ccccc2C(=O)O[C@H](C)C(=O)Nc2ccccc2)n1. The lowest BCUT2D eigenvalue weighted by atomic mass is 10.1. The summed E-state index contributed by atoms with van der Waals surface area (Å²) in [7, 11) is 0. The molecular formula is C23H23N3O3S. The number of para-hydroxylation sites is 1. The molecule has 0 fully saturated rings. The van der Waals surface area contributed by atoms with Gasteiger partial charge in [0, 0.05) is 22.8 Å². The Balaban J connectivity index is 1.65. The molecule has 0 unspecified atom stereocenters. The van der Waals surface area contributed by atoms with Gasteiger partial charge in [-0.3, -0.25) is 4.79 Å². The molecule has 0 radical (unpaired) electrons. The molecule has 0 bridgehead atoms. The molecule has 0 spiro atoms. The molecule has 0 aliphatic rings. The number of aromatic nitrogens is 2. The van der Waals surface area contributed by atoms with Gasteiger partial charge < -0.3 is 10.1 Å². The predicted octanol–water partition coefficient (Wildman–Crippen LogP) is 4.57. The van der Waals surface area contributed by atoms with Crippen LogP contribution in [0.3, 0.4) is 0 Å². The van der Waals surface area contributed by atoms with Gasteiger partial charge in [0.25, 0.3) is 5.91 Å². The number of thioether (sulfide) groups is 1. The number of hydrogen-bond donors (Lipinski definition) is 1. The van der Waals surface area contributed by atoms with Gasteiger partial charge in [-0.1, -0.05) is 48.2 Å². The number of amides is 1. The molecule has 1 N–H and O–H groups in total. The van der Waals surface area contributed by atoms with Crippen molar-refractivity contribution in [2.75, 3.05) is 5.32 Å². The third kappa shape index (κ3) is 5.90. The maximum absolute atomic E-state index is 12.7. The van der Waals surface area contributed by atoms with Crippen molar-refractivity contribution in [1.82, 2.24) is 9.97 Å². The van der Waals surface area contributed by atoms with E-state index in [0.29, 0.717) is 22.2 Å². The van der Waals surface area contributed by atoms with E-state index >= 15 is 0 Å². The quantitative estimate of drug-likeness (QED) is 0.342. The minimum atomic E-state index is -0.929. The Kier molecular flexibility index (Phi) is 7.19. The zero-order valence-electron chi connectivity index (χ0n) is 17.1. The number of anilines is 1. The first-order valence-electron chi connectivity index (χ1n) is 9.52. The van der Waals surface area contributed by atoms with E-state index in [2.05, 4.69) is 15.3 Å². The first kappa shape index (κ1) is 21.5. The van der Waals surface area contributed by atoms with Gasteiger partial charge in [-0.15, -0.1) is 0 Å². The molecule has 3 rings (SSSR count). The predicted molar refractivity (Wildman–Crippen MR) is 117 cm³/mol. The first-order chi connectivity index (χ1) is 14.4. The summed E-state index contributed by atoms with van der Waals surface area (Å²) < 4.78 is 5.41. The number of nitrogens with zero attached hydrogens (tertiary/aromatic N) is 2. The minimum absolute atomic E-state index is 0.384. The highest BCUT2D eigenvalue weighted by Gasteiger charge is 2.21. The Morgan fingerprint density at radius 2 is 1.63 bits per heavy atom. The van der Waals surface area contributed by atoms with E-state index in [1.54, 1.807) is 31.2 Å². The fraction of sp³-hybridized carbons (Fsp3) is 0.217. The Morgan fingerprint density at radius 3 is 2.33 bits per heavy atom. The molecule has 0 saturated heterocycles. The van der Waals surface area contributed by atoms with E-state index in [1.165, 1.54) is 11.8 Å². The second-order valence-corrected chi connectivity index (χ2v) is 7.72. The van der Waals surface area contributed by atoms with Gasteiger partial charge in [-0.25, -0.2) is 14.8 Å². The van der Waals surface area contributed by atoms with Crippen LogP contribution in [0.5, 0.6) is 0 Å². The number of hydrogen-bond acceptors (Lipinski definition) is 6. The Labute approximate surface area is 180 Å². The average molecular weight is 422 g/mol. The standard InChI is InChI=1S/C23H23N3O3S/c1-15-13-16(2)25-23(24-15)30-14-18-9-7-8-12-20(18)22(28)29-17(3)21(27)26-19-10-5-4-6-11-19/h4-13,17H,14H2,1-3H3,(H,26,27)/t17-/m1/s1. The van der Waals surface area contributed by atoms with Gasteiger partial charge in [-0.05, 0) is 50.6 Å². The van der Waals surface area contributed by atoms with Crippen molar-refractivity contribution in [3.05, 3.63) is 83.2 Å².